The highest BCUT2D eigenvalue weighted by Crippen LogP contribution is 2.32. The quantitative estimate of drug-likeness (QED) is 0.447. The smallest absolute Gasteiger partial charge is 0.235 e. The van der Waals surface area contributed by atoms with E-state index in [0.717, 1.165) is 22.3 Å². The number of benzene rings is 2. The number of imidazole rings is 1. The summed E-state index contributed by atoms with van der Waals surface area (Å²) in [6, 6.07) is 19.6. The number of aliphatic hydroxyl groups is 2. The molecule has 0 saturated carbocycles. The zero-order valence-electron chi connectivity index (χ0n) is 18.3. The van der Waals surface area contributed by atoms with E-state index in [1.54, 1.807) is 0 Å². The van der Waals surface area contributed by atoms with Gasteiger partial charge in [-0.25, -0.2) is 9.97 Å². The maximum Gasteiger partial charge on any atom is 0.235 e. The van der Waals surface area contributed by atoms with Crippen LogP contribution in [0, 0.1) is 5.92 Å². The van der Waals surface area contributed by atoms with E-state index in [9.17, 15) is 10.2 Å². The van der Waals surface area contributed by atoms with E-state index in [0.29, 0.717) is 18.8 Å². The Hall–Kier alpha value is -2.88. The molecular formula is C25H27N3O5. The van der Waals surface area contributed by atoms with Crippen molar-refractivity contribution in [2.24, 2.45) is 5.92 Å². The minimum Gasteiger partial charge on any atom is -0.394 e. The SMILES string of the molecule is CO[C@H]1O[C@H](CO)[C@@H](O)[C@@H](Cc2ccn3c(n2)nc2ccccc23)[C@@H]1OCc1ccccc1. The highest BCUT2D eigenvalue weighted by molar-refractivity contribution is 5.79. The highest BCUT2D eigenvalue weighted by Gasteiger charge is 2.46. The average Bonchev–Trinajstić information content (AvgIpc) is 3.22. The molecule has 33 heavy (non-hydrogen) atoms. The third kappa shape index (κ3) is 4.36. The molecule has 5 atom stereocenters. The summed E-state index contributed by atoms with van der Waals surface area (Å²) in [5.74, 6) is 0.197. The Labute approximate surface area is 191 Å². The molecule has 1 aliphatic heterocycles. The van der Waals surface area contributed by atoms with Crippen LogP contribution in [0.5, 0.6) is 0 Å². The molecule has 1 aliphatic rings. The lowest BCUT2D eigenvalue weighted by Crippen LogP contribution is -2.57. The Morgan fingerprint density at radius 2 is 1.82 bits per heavy atom. The Kier molecular flexibility index (Phi) is 6.34. The Morgan fingerprint density at radius 3 is 2.61 bits per heavy atom. The van der Waals surface area contributed by atoms with Gasteiger partial charge in [-0.1, -0.05) is 42.5 Å². The van der Waals surface area contributed by atoms with Crippen molar-refractivity contribution in [2.75, 3.05) is 13.7 Å². The number of methoxy groups -OCH3 is 1. The monoisotopic (exact) mass is 449 g/mol. The van der Waals surface area contributed by atoms with Crippen LogP contribution in [0.4, 0.5) is 0 Å². The van der Waals surface area contributed by atoms with Gasteiger partial charge in [0.25, 0.3) is 0 Å². The number of para-hydroxylation sites is 2. The summed E-state index contributed by atoms with van der Waals surface area (Å²) in [5.41, 5.74) is 3.63. The largest absolute Gasteiger partial charge is 0.394 e. The first-order valence-corrected chi connectivity index (χ1v) is 11.0. The summed E-state index contributed by atoms with van der Waals surface area (Å²) < 4.78 is 19.5. The van der Waals surface area contributed by atoms with Crippen molar-refractivity contribution >= 4 is 16.8 Å². The van der Waals surface area contributed by atoms with Crippen LogP contribution in [0.3, 0.4) is 0 Å². The molecule has 3 heterocycles. The predicted octanol–water partition coefficient (Wildman–Crippen LogP) is 2.35. The minimum absolute atomic E-state index is 0.318. The van der Waals surface area contributed by atoms with E-state index in [4.69, 9.17) is 19.2 Å². The van der Waals surface area contributed by atoms with E-state index in [-0.39, 0.29) is 6.61 Å². The molecule has 5 rings (SSSR count). The van der Waals surface area contributed by atoms with Gasteiger partial charge >= 0.3 is 0 Å². The Bertz CT molecular complexity index is 1210. The summed E-state index contributed by atoms with van der Waals surface area (Å²) in [6.45, 7) is 0.0287. The molecule has 172 valence electrons. The van der Waals surface area contributed by atoms with Crippen LogP contribution < -0.4 is 0 Å². The van der Waals surface area contributed by atoms with Gasteiger partial charge in [0, 0.05) is 24.9 Å². The highest BCUT2D eigenvalue weighted by atomic mass is 16.7. The Balaban J connectivity index is 1.44. The minimum atomic E-state index is -0.945. The summed E-state index contributed by atoms with van der Waals surface area (Å²) >= 11 is 0. The van der Waals surface area contributed by atoms with Gasteiger partial charge in [0.15, 0.2) is 6.29 Å². The van der Waals surface area contributed by atoms with Gasteiger partial charge in [0.05, 0.1) is 30.4 Å². The molecule has 4 aromatic rings. The summed E-state index contributed by atoms with van der Waals surface area (Å²) in [5, 5.41) is 20.8. The second-order valence-electron chi connectivity index (χ2n) is 8.27. The molecule has 0 radical (unpaired) electrons. The molecule has 0 unspecified atom stereocenters. The van der Waals surface area contributed by atoms with Crippen LogP contribution in [-0.4, -0.2) is 62.9 Å². The standard InChI is InChI=1S/C25H27N3O5/c1-31-24-23(32-15-16-7-3-2-4-8-16)18(22(30)21(14-29)33-24)13-17-11-12-28-20-10-6-5-9-19(20)27-25(28)26-17/h2-12,18,21-24,29-30H,13-15H2,1H3/t18-,21-,22+,23+,24+/m1/s1. The molecule has 8 heteroatoms. The van der Waals surface area contributed by atoms with E-state index in [1.807, 2.05) is 71.3 Å². The number of nitrogens with zero attached hydrogens (tertiary/aromatic N) is 3. The molecule has 2 N–H and O–H groups in total. The van der Waals surface area contributed by atoms with Crippen molar-refractivity contribution in [3.63, 3.8) is 0 Å². The fourth-order valence-corrected chi connectivity index (χ4v) is 4.49. The molecule has 0 aliphatic carbocycles. The van der Waals surface area contributed by atoms with Crippen LogP contribution in [-0.2, 0) is 27.2 Å². The van der Waals surface area contributed by atoms with Crippen LogP contribution >= 0.6 is 0 Å². The van der Waals surface area contributed by atoms with Crippen molar-refractivity contribution in [3.05, 3.63) is 78.1 Å². The number of aromatic nitrogens is 3. The topological polar surface area (TPSA) is 98.3 Å². The average molecular weight is 450 g/mol. The number of ether oxygens (including phenoxy) is 3. The van der Waals surface area contributed by atoms with Crippen LogP contribution in [0.1, 0.15) is 11.3 Å². The molecule has 0 amide bonds. The van der Waals surface area contributed by atoms with E-state index in [2.05, 4.69) is 4.98 Å². The van der Waals surface area contributed by atoms with Crippen molar-refractivity contribution in [1.82, 2.24) is 14.4 Å². The number of hydrogen-bond acceptors (Lipinski definition) is 7. The van der Waals surface area contributed by atoms with Crippen molar-refractivity contribution < 1.29 is 24.4 Å². The van der Waals surface area contributed by atoms with Crippen molar-refractivity contribution in [3.8, 4) is 0 Å². The molecular weight excluding hydrogens is 422 g/mol. The van der Waals surface area contributed by atoms with Gasteiger partial charge < -0.3 is 24.4 Å². The van der Waals surface area contributed by atoms with Crippen LogP contribution in [0.25, 0.3) is 16.8 Å². The first kappa shape index (κ1) is 21.9. The third-order valence-electron chi connectivity index (χ3n) is 6.20. The lowest BCUT2D eigenvalue weighted by atomic mass is 9.85. The molecule has 1 fully saturated rings. The normalized spacial score (nSPS) is 25.6. The van der Waals surface area contributed by atoms with Gasteiger partial charge in [-0.3, -0.25) is 4.40 Å². The van der Waals surface area contributed by atoms with Gasteiger partial charge in [0.2, 0.25) is 5.78 Å². The third-order valence-corrected chi connectivity index (χ3v) is 6.20. The lowest BCUT2D eigenvalue weighted by molar-refractivity contribution is -0.294. The van der Waals surface area contributed by atoms with Gasteiger partial charge in [-0.15, -0.1) is 0 Å². The fraction of sp³-hybridized carbons (Fsp3) is 0.360. The summed E-state index contributed by atoms with van der Waals surface area (Å²) in [6.07, 6.45) is -0.634. The fourth-order valence-electron chi connectivity index (χ4n) is 4.49. The van der Waals surface area contributed by atoms with Gasteiger partial charge in [-0.2, -0.15) is 0 Å². The first-order valence-electron chi connectivity index (χ1n) is 11.0. The van der Waals surface area contributed by atoms with Gasteiger partial charge in [-0.05, 0) is 30.2 Å². The van der Waals surface area contributed by atoms with Gasteiger partial charge in [0.1, 0.15) is 12.2 Å². The molecule has 0 spiro atoms. The zero-order chi connectivity index (χ0) is 22.8. The Morgan fingerprint density at radius 1 is 1.03 bits per heavy atom. The molecule has 8 nitrogen and oxygen atoms in total. The van der Waals surface area contributed by atoms with Crippen molar-refractivity contribution in [2.45, 2.75) is 37.6 Å². The second-order valence-corrected chi connectivity index (χ2v) is 8.27. The maximum atomic E-state index is 11.0. The number of fused-ring (bicyclic) bond motifs is 3. The van der Waals surface area contributed by atoms with Crippen molar-refractivity contribution in [1.29, 1.82) is 0 Å². The second kappa shape index (κ2) is 9.54. The molecule has 1 saturated heterocycles. The van der Waals surface area contributed by atoms with E-state index >= 15 is 0 Å². The number of hydrogen-bond donors (Lipinski definition) is 2. The maximum absolute atomic E-state index is 11.0. The molecule has 2 aromatic carbocycles. The summed E-state index contributed by atoms with van der Waals surface area (Å²) in [7, 11) is 1.53. The number of aliphatic hydroxyl groups excluding tert-OH is 2. The van der Waals surface area contributed by atoms with Crippen LogP contribution in [0.15, 0.2) is 66.9 Å². The lowest BCUT2D eigenvalue weighted by Gasteiger charge is -2.43. The van der Waals surface area contributed by atoms with E-state index in [1.165, 1.54) is 7.11 Å². The summed E-state index contributed by atoms with van der Waals surface area (Å²) in [4.78, 5) is 9.35. The zero-order valence-corrected chi connectivity index (χ0v) is 18.3. The van der Waals surface area contributed by atoms with E-state index < -0.39 is 30.5 Å². The first-order chi connectivity index (χ1) is 16.2. The number of rotatable bonds is 7. The predicted molar refractivity (Wildman–Crippen MR) is 121 cm³/mol. The molecule has 2 aromatic heterocycles. The molecule has 0 bridgehead atoms. The van der Waals surface area contributed by atoms with Crippen LogP contribution in [0.2, 0.25) is 0 Å².